The van der Waals surface area contributed by atoms with Gasteiger partial charge in [-0.15, -0.1) is 0 Å². The van der Waals surface area contributed by atoms with E-state index in [1.165, 1.54) is 6.92 Å². The van der Waals surface area contributed by atoms with Crippen molar-refractivity contribution in [3.05, 3.63) is 35.4 Å². The number of ether oxygens (including phenoxy) is 1. The lowest BCUT2D eigenvalue weighted by Crippen LogP contribution is -2.49. The minimum absolute atomic E-state index is 0.317. The first-order chi connectivity index (χ1) is 9.81. The number of nitrogens with one attached hydrogen (secondary N) is 1. The third-order valence-corrected chi connectivity index (χ3v) is 2.66. The van der Waals surface area contributed by atoms with Gasteiger partial charge in [-0.3, -0.25) is 4.79 Å². The van der Waals surface area contributed by atoms with Crippen molar-refractivity contribution in [3.8, 4) is 0 Å². The fourth-order valence-electron chi connectivity index (χ4n) is 1.49. The molecule has 0 aliphatic heterocycles. The maximum absolute atomic E-state index is 11.8. The number of carbonyl (C=O) groups excluding carboxylic acids is 2. The second kappa shape index (κ2) is 7.39. The highest BCUT2D eigenvalue weighted by molar-refractivity contribution is 5.90. The van der Waals surface area contributed by atoms with E-state index in [1.807, 2.05) is 13.0 Å². The number of carbonyl (C=O) groups is 3. The van der Waals surface area contributed by atoms with Crippen LogP contribution in [0.15, 0.2) is 24.3 Å². The quantitative estimate of drug-likeness (QED) is 0.639. The van der Waals surface area contributed by atoms with Crippen LogP contribution in [0.5, 0.6) is 0 Å². The molecule has 7 heteroatoms. The number of nitrogens with two attached hydrogens (primary N) is 1. The van der Waals surface area contributed by atoms with Crippen molar-refractivity contribution < 1.29 is 24.2 Å². The molecule has 0 fully saturated rings. The molecule has 1 rings (SSSR count). The molecule has 0 saturated carbocycles. The molecule has 0 saturated heterocycles. The van der Waals surface area contributed by atoms with Crippen LogP contribution in [-0.2, 0) is 14.3 Å². The van der Waals surface area contributed by atoms with Gasteiger partial charge in [-0.25, -0.2) is 9.59 Å². The number of amides is 1. The fourth-order valence-corrected chi connectivity index (χ4v) is 1.49. The van der Waals surface area contributed by atoms with Crippen molar-refractivity contribution in [1.82, 2.24) is 5.32 Å². The lowest BCUT2D eigenvalue weighted by molar-refractivity contribution is -0.143. The summed E-state index contributed by atoms with van der Waals surface area (Å²) >= 11 is 0. The van der Waals surface area contributed by atoms with Gasteiger partial charge in [0.15, 0.2) is 6.04 Å². The van der Waals surface area contributed by atoms with Crippen molar-refractivity contribution in [3.63, 3.8) is 0 Å². The Morgan fingerprint density at radius 1 is 1.38 bits per heavy atom. The Balaban J connectivity index is 2.63. The van der Waals surface area contributed by atoms with Crippen LogP contribution in [0.1, 0.15) is 22.8 Å². The molecule has 0 spiro atoms. The number of hydrogen-bond donors (Lipinski definition) is 3. The number of esters is 1. The summed E-state index contributed by atoms with van der Waals surface area (Å²) in [6.07, 6.45) is 0. The average Bonchev–Trinajstić information content (AvgIpc) is 2.42. The van der Waals surface area contributed by atoms with Gasteiger partial charge in [0.2, 0.25) is 5.91 Å². The van der Waals surface area contributed by atoms with Gasteiger partial charge in [0, 0.05) is 0 Å². The van der Waals surface area contributed by atoms with Gasteiger partial charge in [0.25, 0.3) is 0 Å². The highest BCUT2D eigenvalue weighted by Gasteiger charge is 2.23. The topological polar surface area (TPSA) is 119 Å². The summed E-state index contributed by atoms with van der Waals surface area (Å²) in [7, 11) is 0. The summed E-state index contributed by atoms with van der Waals surface area (Å²) in [6.45, 7) is 2.77. The monoisotopic (exact) mass is 294 g/mol. The maximum atomic E-state index is 11.8. The van der Waals surface area contributed by atoms with Gasteiger partial charge in [-0.1, -0.05) is 17.7 Å². The molecule has 1 aromatic carbocycles. The molecule has 0 aliphatic rings. The van der Waals surface area contributed by atoms with Gasteiger partial charge >= 0.3 is 11.9 Å². The van der Waals surface area contributed by atoms with E-state index in [0.29, 0.717) is 5.56 Å². The molecule has 1 aromatic rings. The first-order valence-corrected chi connectivity index (χ1v) is 6.34. The van der Waals surface area contributed by atoms with Crippen LogP contribution in [0.3, 0.4) is 0 Å². The minimum atomic E-state index is -1.34. The standard InChI is InChI=1S/C14H18N2O5/c1-8-4-3-5-10(6-8)14(20)21-7-11(13(18)19)16-12(17)9(2)15/h3-6,9,11H,7,15H2,1-2H3,(H,16,17)(H,18,19)/t9-,11-/m0/s1. The van der Waals surface area contributed by atoms with Gasteiger partial charge in [0.05, 0.1) is 11.6 Å². The molecule has 21 heavy (non-hydrogen) atoms. The Bertz CT molecular complexity index is 542. The molecule has 0 bridgehead atoms. The first-order valence-electron chi connectivity index (χ1n) is 6.34. The molecular weight excluding hydrogens is 276 g/mol. The molecule has 0 aliphatic carbocycles. The lowest BCUT2D eigenvalue weighted by atomic mass is 10.1. The van der Waals surface area contributed by atoms with Crippen molar-refractivity contribution in [1.29, 1.82) is 0 Å². The molecule has 0 radical (unpaired) electrons. The predicted molar refractivity (Wildman–Crippen MR) is 74.7 cm³/mol. The number of aliphatic carboxylic acids is 1. The maximum Gasteiger partial charge on any atom is 0.338 e. The molecule has 2 atom stereocenters. The number of carboxylic acids is 1. The van der Waals surface area contributed by atoms with Gasteiger partial charge in [-0.2, -0.15) is 0 Å². The van der Waals surface area contributed by atoms with Crippen LogP contribution in [0.25, 0.3) is 0 Å². The molecule has 0 unspecified atom stereocenters. The normalized spacial score (nSPS) is 13.1. The Morgan fingerprint density at radius 2 is 2.05 bits per heavy atom. The van der Waals surface area contributed by atoms with E-state index in [2.05, 4.69) is 5.32 Å². The highest BCUT2D eigenvalue weighted by atomic mass is 16.5. The Kier molecular flexibility index (Phi) is 5.86. The Hall–Kier alpha value is -2.41. The molecule has 7 nitrogen and oxygen atoms in total. The van der Waals surface area contributed by atoms with E-state index in [0.717, 1.165) is 5.56 Å². The molecule has 0 heterocycles. The van der Waals surface area contributed by atoms with Crippen molar-refractivity contribution in [2.24, 2.45) is 5.73 Å². The Morgan fingerprint density at radius 3 is 2.57 bits per heavy atom. The van der Waals surface area contributed by atoms with Crippen LogP contribution in [0.2, 0.25) is 0 Å². The average molecular weight is 294 g/mol. The second-order valence-electron chi connectivity index (χ2n) is 4.66. The number of aryl methyl sites for hydroxylation is 1. The molecular formula is C14H18N2O5. The fraction of sp³-hybridized carbons (Fsp3) is 0.357. The molecule has 1 amide bonds. The van der Waals surface area contributed by atoms with Crippen molar-refractivity contribution in [2.75, 3.05) is 6.61 Å². The zero-order valence-electron chi connectivity index (χ0n) is 11.8. The van der Waals surface area contributed by atoms with E-state index < -0.39 is 36.5 Å². The van der Waals surface area contributed by atoms with Crippen LogP contribution in [-0.4, -0.2) is 41.6 Å². The van der Waals surface area contributed by atoms with E-state index in [1.54, 1.807) is 18.2 Å². The summed E-state index contributed by atoms with van der Waals surface area (Å²) in [6, 6.07) is 4.51. The largest absolute Gasteiger partial charge is 0.480 e. The molecule has 0 aromatic heterocycles. The number of rotatable bonds is 6. The smallest absolute Gasteiger partial charge is 0.338 e. The minimum Gasteiger partial charge on any atom is -0.480 e. The van der Waals surface area contributed by atoms with E-state index in [9.17, 15) is 14.4 Å². The summed E-state index contributed by atoms with van der Waals surface area (Å²) in [4.78, 5) is 34.2. The van der Waals surface area contributed by atoms with Crippen molar-refractivity contribution in [2.45, 2.75) is 25.9 Å². The number of carboxylic acid groups (broad SMARTS) is 1. The number of benzene rings is 1. The third kappa shape index (κ3) is 5.23. The zero-order chi connectivity index (χ0) is 16.0. The zero-order valence-corrected chi connectivity index (χ0v) is 11.8. The summed E-state index contributed by atoms with van der Waals surface area (Å²) in [5.41, 5.74) is 6.53. The SMILES string of the molecule is Cc1cccc(C(=O)OC[C@H](NC(=O)[C@H](C)N)C(=O)O)c1. The van der Waals surface area contributed by atoms with E-state index >= 15 is 0 Å². The van der Waals surface area contributed by atoms with Gasteiger partial charge < -0.3 is 20.9 Å². The van der Waals surface area contributed by atoms with Gasteiger partial charge in [-0.05, 0) is 26.0 Å². The highest BCUT2D eigenvalue weighted by Crippen LogP contribution is 2.06. The predicted octanol–water partition coefficient (Wildman–Crippen LogP) is 0.0684. The van der Waals surface area contributed by atoms with Crippen LogP contribution in [0, 0.1) is 6.92 Å². The van der Waals surface area contributed by atoms with E-state index in [4.69, 9.17) is 15.6 Å². The van der Waals surface area contributed by atoms with Crippen LogP contribution >= 0.6 is 0 Å². The number of hydrogen-bond acceptors (Lipinski definition) is 5. The van der Waals surface area contributed by atoms with Crippen LogP contribution < -0.4 is 11.1 Å². The lowest BCUT2D eigenvalue weighted by Gasteiger charge is -2.16. The van der Waals surface area contributed by atoms with E-state index in [-0.39, 0.29) is 0 Å². The first kappa shape index (κ1) is 16.6. The summed E-state index contributed by atoms with van der Waals surface area (Å²) < 4.78 is 4.91. The summed E-state index contributed by atoms with van der Waals surface area (Å²) in [5, 5.41) is 11.2. The second-order valence-corrected chi connectivity index (χ2v) is 4.66. The van der Waals surface area contributed by atoms with Gasteiger partial charge in [0.1, 0.15) is 6.61 Å². The third-order valence-electron chi connectivity index (χ3n) is 2.66. The molecule has 4 N–H and O–H groups in total. The molecule has 114 valence electrons. The summed E-state index contributed by atoms with van der Waals surface area (Å²) in [5.74, 6) is -2.59. The Labute approximate surface area is 122 Å². The van der Waals surface area contributed by atoms with Crippen molar-refractivity contribution >= 4 is 17.8 Å². The van der Waals surface area contributed by atoms with Crippen LogP contribution in [0.4, 0.5) is 0 Å².